The molecule has 5 heteroatoms. The first-order chi connectivity index (χ1) is 10.1. The molecule has 4 nitrogen and oxygen atoms in total. The van der Waals surface area contributed by atoms with Crippen LogP contribution < -0.4 is 56.5 Å². The number of rotatable bonds is 14. The molecule has 0 spiro atoms. The van der Waals surface area contributed by atoms with E-state index in [0.717, 1.165) is 19.3 Å². The third kappa shape index (κ3) is 16.9. The number of carbonyl (C=O) groups is 1. The van der Waals surface area contributed by atoms with Gasteiger partial charge in [0, 0.05) is 0 Å². The molecule has 0 unspecified atom stereocenters. The fraction of sp³-hybridized carbons (Fsp3) is 0.882. The normalized spacial score (nSPS) is 12.7. The van der Waals surface area contributed by atoms with Crippen molar-refractivity contribution in [1.29, 1.82) is 0 Å². The maximum absolute atomic E-state index is 11.4. The van der Waals surface area contributed by atoms with Crippen LogP contribution in [-0.4, -0.2) is 23.0 Å². The minimum absolute atomic E-state index is 0. The average Bonchev–Trinajstić information content (AvgIpc) is 2.44. The van der Waals surface area contributed by atoms with Crippen molar-refractivity contribution in [2.24, 2.45) is 4.99 Å². The number of aliphatic carboxylic acids is 1. The summed E-state index contributed by atoms with van der Waals surface area (Å²) in [6.07, 6.45) is 14.0. The smallest absolute Gasteiger partial charge is 0.862 e. The van der Waals surface area contributed by atoms with E-state index in [1.807, 2.05) is 0 Å². The molecule has 0 radical (unpaired) electrons. The number of carboxylic acids is 1. The van der Waals surface area contributed by atoms with E-state index in [1.54, 1.807) is 0 Å². The van der Waals surface area contributed by atoms with Crippen LogP contribution >= 0.6 is 0 Å². The molecule has 0 aromatic heterocycles. The van der Waals surface area contributed by atoms with E-state index in [-0.39, 0.29) is 57.3 Å². The molecule has 0 bridgehead atoms. The Hall–Kier alpha value is 0.576. The van der Waals surface area contributed by atoms with Crippen LogP contribution in [0.2, 0.25) is 0 Å². The van der Waals surface area contributed by atoms with E-state index in [0.29, 0.717) is 6.42 Å². The van der Waals surface area contributed by atoms with Gasteiger partial charge >= 0.3 is 57.4 Å². The zero-order valence-corrected chi connectivity index (χ0v) is 17.9. The van der Waals surface area contributed by atoms with Crippen molar-refractivity contribution >= 4 is 11.9 Å². The van der Waals surface area contributed by atoms with Gasteiger partial charge in [-0.2, -0.15) is 0 Å². The summed E-state index contributed by atoms with van der Waals surface area (Å²) in [6, 6.07) is -0.912. The van der Waals surface area contributed by atoms with E-state index >= 15 is 0 Å². The summed E-state index contributed by atoms with van der Waals surface area (Å²) in [7, 11) is 0. The molecule has 1 N–H and O–H groups in total. The second kappa shape index (κ2) is 17.9. The molecule has 124 valence electrons. The van der Waals surface area contributed by atoms with Gasteiger partial charge in [0.1, 0.15) is 6.04 Å². The van der Waals surface area contributed by atoms with Crippen LogP contribution in [0.3, 0.4) is 0 Å². The molecule has 0 rings (SSSR count). The van der Waals surface area contributed by atoms with Crippen LogP contribution in [0.5, 0.6) is 0 Å². The van der Waals surface area contributed by atoms with Crippen LogP contribution in [0.15, 0.2) is 4.99 Å². The van der Waals surface area contributed by atoms with Crippen molar-refractivity contribution in [3.63, 3.8) is 0 Å². The predicted octanol–water partition coefficient (Wildman–Crippen LogP) is 0.923. The topological polar surface area (TPSA) is 72.7 Å². The average molecular weight is 338 g/mol. The molecule has 0 fully saturated rings. The first-order valence-corrected chi connectivity index (χ1v) is 8.54. The number of hydrogen-bond acceptors (Lipinski definition) is 3. The Morgan fingerprint density at radius 3 is 1.77 bits per heavy atom. The fourth-order valence-electron chi connectivity index (χ4n) is 2.28. The molecule has 0 amide bonds. The zero-order valence-electron chi connectivity index (χ0n) is 14.8. The Morgan fingerprint density at radius 2 is 1.36 bits per heavy atom. The molecule has 0 aliphatic rings. The summed E-state index contributed by atoms with van der Waals surface area (Å²) < 4.78 is 0. The Bertz CT molecular complexity index is 296. The van der Waals surface area contributed by atoms with Gasteiger partial charge in [-0.15, -0.1) is 0 Å². The van der Waals surface area contributed by atoms with Gasteiger partial charge in [-0.1, -0.05) is 71.1 Å². The van der Waals surface area contributed by atoms with E-state index in [9.17, 15) is 9.90 Å². The summed E-state index contributed by atoms with van der Waals surface area (Å²) in [5.41, 5.74) is 0. The van der Waals surface area contributed by atoms with Crippen LogP contribution in [-0.2, 0) is 4.79 Å². The second-order valence-electron chi connectivity index (χ2n) is 5.82. The van der Waals surface area contributed by atoms with Gasteiger partial charge in [0.2, 0.25) is 0 Å². The van der Waals surface area contributed by atoms with Crippen molar-refractivity contribution in [3.05, 3.63) is 0 Å². The summed E-state index contributed by atoms with van der Waals surface area (Å²) in [6.45, 7) is 3.67. The molecule has 0 aromatic carbocycles. The Morgan fingerprint density at radius 1 is 0.955 bits per heavy atom. The first-order valence-electron chi connectivity index (χ1n) is 8.54. The van der Waals surface area contributed by atoms with Crippen molar-refractivity contribution in [3.8, 4) is 0 Å². The molecule has 1 atom stereocenters. The Balaban J connectivity index is 0. The van der Waals surface area contributed by atoms with Crippen LogP contribution in [0.1, 0.15) is 90.9 Å². The van der Waals surface area contributed by atoms with Gasteiger partial charge in [0.05, 0.1) is 0 Å². The number of carboxylic acid groups (broad SMARTS) is 1. The van der Waals surface area contributed by atoms with E-state index in [1.165, 1.54) is 58.3 Å². The molecule has 0 saturated heterocycles. The van der Waals surface area contributed by atoms with Gasteiger partial charge in [-0.05, 0) is 25.7 Å². The molecule has 0 aromatic rings. The van der Waals surface area contributed by atoms with Crippen LogP contribution in [0.4, 0.5) is 0 Å². The SMILES string of the molecule is CCCCCCCCCCCCCC([O-])=N[C@H](C)C(=O)O.[K+]. The fourth-order valence-corrected chi connectivity index (χ4v) is 2.28. The molecule has 0 aliphatic heterocycles. The van der Waals surface area contributed by atoms with Gasteiger partial charge < -0.3 is 10.2 Å². The summed E-state index contributed by atoms with van der Waals surface area (Å²) in [4.78, 5) is 14.2. The molecular weight excluding hydrogens is 305 g/mol. The van der Waals surface area contributed by atoms with Crippen LogP contribution in [0, 0.1) is 0 Å². The predicted molar refractivity (Wildman–Crippen MR) is 85.6 cm³/mol. The summed E-state index contributed by atoms with van der Waals surface area (Å²) in [5.74, 6) is -1.32. The Labute approximate surface area is 178 Å². The molecule has 0 saturated carbocycles. The maximum Gasteiger partial charge on any atom is 1.00 e. The van der Waals surface area contributed by atoms with Gasteiger partial charge in [0.25, 0.3) is 0 Å². The quantitative estimate of drug-likeness (QED) is 0.222. The van der Waals surface area contributed by atoms with Gasteiger partial charge in [-0.3, -0.25) is 4.99 Å². The minimum atomic E-state index is -1.04. The van der Waals surface area contributed by atoms with Gasteiger partial charge in [0.15, 0.2) is 0 Å². The summed E-state index contributed by atoms with van der Waals surface area (Å²) >= 11 is 0. The maximum atomic E-state index is 11.4. The minimum Gasteiger partial charge on any atom is -0.862 e. The molecule has 0 aliphatic carbocycles. The Kier molecular flexibility index (Phi) is 20.2. The molecule has 22 heavy (non-hydrogen) atoms. The monoisotopic (exact) mass is 337 g/mol. The van der Waals surface area contributed by atoms with Crippen molar-refractivity contribution in [1.82, 2.24) is 0 Å². The third-order valence-corrected chi connectivity index (χ3v) is 3.69. The van der Waals surface area contributed by atoms with Crippen molar-refractivity contribution in [2.75, 3.05) is 0 Å². The van der Waals surface area contributed by atoms with E-state index in [2.05, 4.69) is 11.9 Å². The number of nitrogens with zero attached hydrogens (tertiary/aromatic N) is 1. The standard InChI is InChI=1S/C17H33NO3.K/c1-3-4-5-6-7-8-9-10-11-12-13-14-16(19)18-15(2)17(20)21;/h15H,3-14H2,1-2H3,(H,18,19)(H,20,21);/q;+1/p-1/t15-;/m1./s1. The second-order valence-corrected chi connectivity index (χ2v) is 5.82. The van der Waals surface area contributed by atoms with Crippen LogP contribution in [0.25, 0.3) is 0 Å². The first kappa shape index (κ1) is 24.8. The molecular formula is C17H32KNO3. The zero-order chi connectivity index (χ0) is 15.9. The summed E-state index contributed by atoms with van der Waals surface area (Å²) in [5, 5.41) is 20.0. The van der Waals surface area contributed by atoms with Crippen molar-refractivity contribution in [2.45, 2.75) is 96.9 Å². The largest absolute Gasteiger partial charge is 1.00 e. The van der Waals surface area contributed by atoms with Crippen molar-refractivity contribution < 1.29 is 66.4 Å². The van der Waals surface area contributed by atoms with E-state index in [4.69, 9.17) is 5.11 Å². The van der Waals surface area contributed by atoms with E-state index < -0.39 is 12.0 Å². The number of hydrogen-bond donors (Lipinski definition) is 1. The third-order valence-electron chi connectivity index (χ3n) is 3.69. The number of aliphatic imine (C=N–C) groups is 1. The van der Waals surface area contributed by atoms with Gasteiger partial charge in [-0.25, -0.2) is 4.79 Å². The molecule has 0 heterocycles. The number of unbranched alkanes of at least 4 members (excludes halogenated alkanes) is 10.